The van der Waals surface area contributed by atoms with E-state index in [1.165, 1.54) is 24.3 Å². The smallest absolute Gasteiger partial charge is 0.323 e. The van der Waals surface area contributed by atoms with Crippen LogP contribution in [0.1, 0.15) is 45.8 Å². The van der Waals surface area contributed by atoms with E-state index in [9.17, 15) is 32.9 Å². The highest BCUT2D eigenvalue weighted by atomic mass is 19.4. The number of anilines is 1. The van der Waals surface area contributed by atoms with Crippen LogP contribution in [-0.2, 0) is 16.5 Å². The van der Waals surface area contributed by atoms with Crippen molar-refractivity contribution in [2.45, 2.75) is 36.5 Å². The quantitative estimate of drug-likeness (QED) is 0.168. The van der Waals surface area contributed by atoms with Crippen LogP contribution in [0, 0.1) is 16.0 Å². The lowest BCUT2D eigenvalue weighted by Gasteiger charge is -2.37. The zero-order valence-corrected chi connectivity index (χ0v) is 22.1. The second-order valence-corrected chi connectivity index (χ2v) is 11.1. The first-order chi connectivity index (χ1) is 20.1. The highest BCUT2D eigenvalue weighted by molar-refractivity contribution is 6.16. The number of alkyl halides is 3. The summed E-state index contributed by atoms with van der Waals surface area (Å²) < 4.78 is 42.5. The van der Waals surface area contributed by atoms with Gasteiger partial charge in [0.05, 0.1) is 22.1 Å². The lowest BCUT2D eigenvalue weighted by Crippen LogP contribution is -2.52. The van der Waals surface area contributed by atoms with Gasteiger partial charge in [0, 0.05) is 35.2 Å². The number of nitrogens with one attached hydrogen (secondary N) is 1. The van der Waals surface area contributed by atoms with Crippen molar-refractivity contribution in [2.75, 3.05) is 11.9 Å². The molecule has 1 spiro atoms. The number of ketones is 1. The topological polar surface area (TPSA) is 92.5 Å². The Hall–Kier alpha value is -4.57. The molecule has 0 saturated carbocycles. The van der Waals surface area contributed by atoms with Crippen LogP contribution < -0.4 is 5.32 Å². The zero-order valence-electron chi connectivity index (χ0n) is 22.1. The van der Waals surface area contributed by atoms with E-state index in [1.54, 1.807) is 36.4 Å². The van der Waals surface area contributed by atoms with Crippen LogP contribution in [0.4, 0.5) is 24.5 Å². The predicted molar refractivity (Wildman–Crippen MR) is 149 cm³/mol. The number of hydrogen-bond acceptors (Lipinski definition) is 5. The van der Waals surface area contributed by atoms with E-state index in [-0.39, 0.29) is 16.9 Å². The Morgan fingerprint density at radius 2 is 1.74 bits per heavy atom. The molecule has 0 bridgehead atoms. The molecule has 1 N–H and O–H groups in total. The maximum absolute atomic E-state index is 14.9. The number of rotatable bonds is 4. The number of halogens is 3. The number of non-ortho nitro benzene ring substituents is 1. The largest absolute Gasteiger partial charge is 0.418 e. The maximum Gasteiger partial charge on any atom is 0.418 e. The normalized spacial score (nSPS) is 25.0. The minimum atomic E-state index is -4.73. The SMILES string of the molecule is O=C(c1cccc2ccccc12)C1C(c2cccc([N+](=O)[O-])c2)C2CCCN2[C@@]12C(=O)Nc1c(C(F)(F)F)cccc12. The number of carbonyl (C=O) groups is 2. The molecule has 10 heteroatoms. The Kier molecular flexibility index (Phi) is 5.78. The molecule has 3 aliphatic rings. The molecule has 1 amide bonds. The van der Waals surface area contributed by atoms with E-state index < -0.39 is 51.8 Å². The summed E-state index contributed by atoms with van der Waals surface area (Å²) in [5.41, 5.74) is -2.24. The lowest BCUT2D eigenvalue weighted by molar-refractivity contribution is -0.384. The van der Waals surface area contributed by atoms with Crippen molar-refractivity contribution in [1.29, 1.82) is 0 Å². The second kappa shape index (κ2) is 9.22. The number of benzene rings is 4. The fraction of sp³-hybridized carbons (Fsp3) is 0.250. The number of hydrogen-bond donors (Lipinski definition) is 1. The molecule has 2 saturated heterocycles. The highest BCUT2D eigenvalue weighted by Gasteiger charge is 2.70. The summed E-state index contributed by atoms with van der Waals surface area (Å²) in [6.45, 7) is 0.387. The van der Waals surface area contributed by atoms with Gasteiger partial charge in [0.1, 0.15) is 5.54 Å². The van der Waals surface area contributed by atoms with Gasteiger partial charge in [-0.1, -0.05) is 66.7 Å². The summed E-state index contributed by atoms with van der Waals surface area (Å²) in [6, 6.07) is 21.9. The summed E-state index contributed by atoms with van der Waals surface area (Å²) in [4.78, 5) is 42.3. The molecule has 4 aromatic rings. The Balaban J connectivity index is 1.53. The number of carbonyl (C=O) groups excluding carboxylic acids is 2. The van der Waals surface area contributed by atoms with Crippen LogP contribution in [0.15, 0.2) is 84.9 Å². The molecular weight excluding hydrogens is 547 g/mol. The van der Waals surface area contributed by atoms with Gasteiger partial charge >= 0.3 is 6.18 Å². The summed E-state index contributed by atoms with van der Waals surface area (Å²) in [5.74, 6) is -2.92. The van der Waals surface area contributed by atoms with E-state index >= 15 is 0 Å². The molecule has 3 unspecified atom stereocenters. The van der Waals surface area contributed by atoms with Crippen molar-refractivity contribution >= 4 is 33.8 Å². The molecule has 4 aromatic carbocycles. The molecule has 42 heavy (non-hydrogen) atoms. The van der Waals surface area contributed by atoms with Crippen LogP contribution in [-0.4, -0.2) is 34.1 Å². The molecule has 2 fully saturated rings. The summed E-state index contributed by atoms with van der Waals surface area (Å²) >= 11 is 0. The Bertz CT molecular complexity index is 1800. The van der Waals surface area contributed by atoms with Gasteiger partial charge in [-0.25, -0.2) is 0 Å². The van der Waals surface area contributed by atoms with Crippen molar-refractivity contribution in [1.82, 2.24) is 4.90 Å². The van der Waals surface area contributed by atoms with Gasteiger partial charge in [-0.2, -0.15) is 13.2 Å². The molecule has 0 aromatic heterocycles. The molecule has 4 atom stereocenters. The maximum atomic E-state index is 14.9. The van der Waals surface area contributed by atoms with Gasteiger partial charge in [-0.3, -0.25) is 24.6 Å². The van der Waals surface area contributed by atoms with Crippen molar-refractivity contribution < 1.29 is 27.7 Å². The fourth-order valence-corrected chi connectivity index (χ4v) is 7.65. The van der Waals surface area contributed by atoms with Crippen molar-refractivity contribution in [3.8, 4) is 0 Å². The number of nitrogens with zero attached hydrogens (tertiary/aromatic N) is 2. The number of fused-ring (bicyclic) bond motifs is 5. The first-order valence-electron chi connectivity index (χ1n) is 13.7. The minimum Gasteiger partial charge on any atom is -0.323 e. The van der Waals surface area contributed by atoms with Crippen LogP contribution >= 0.6 is 0 Å². The molecule has 212 valence electrons. The molecule has 0 aliphatic carbocycles. The number of Topliss-reactive ketones (excluding diaryl/α,β-unsaturated/α-hetero) is 1. The second-order valence-electron chi connectivity index (χ2n) is 11.1. The molecule has 3 aliphatic heterocycles. The fourth-order valence-electron chi connectivity index (χ4n) is 7.65. The Morgan fingerprint density at radius 3 is 2.52 bits per heavy atom. The van der Waals surface area contributed by atoms with Crippen LogP contribution in [0.2, 0.25) is 0 Å². The third kappa shape index (κ3) is 3.57. The van der Waals surface area contributed by atoms with Crippen molar-refractivity contribution in [3.05, 3.63) is 117 Å². The molecule has 7 rings (SSSR count). The number of amides is 1. The van der Waals surface area contributed by atoms with Gasteiger partial charge < -0.3 is 5.32 Å². The molecule has 3 heterocycles. The summed E-state index contributed by atoms with van der Waals surface area (Å²) in [5, 5.41) is 15.7. The van der Waals surface area contributed by atoms with Gasteiger partial charge in [-0.05, 0) is 41.8 Å². The van der Waals surface area contributed by atoms with E-state index in [0.717, 1.165) is 11.5 Å². The Labute approximate surface area is 238 Å². The van der Waals surface area contributed by atoms with Crippen LogP contribution in [0.5, 0.6) is 0 Å². The first kappa shape index (κ1) is 26.3. The zero-order chi connectivity index (χ0) is 29.4. The number of nitro benzene ring substituents is 1. The third-order valence-electron chi connectivity index (χ3n) is 9.14. The number of nitro groups is 1. The predicted octanol–water partition coefficient (Wildman–Crippen LogP) is 6.68. The van der Waals surface area contributed by atoms with E-state index in [1.807, 2.05) is 23.1 Å². The molecule has 0 radical (unpaired) electrons. The average molecular weight is 572 g/mol. The summed E-state index contributed by atoms with van der Waals surface area (Å²) in [7, 11) is 0. The van der Waals surface area contributed by atoms with Gasteiger partial charge in [-0.15, -0.1) is 0 Å². The van der Waals surface area contributed by atoms with Crippen LogP contribution in [0.25, 0.3) is 10.8 Å². The molecular formula is C32H24F3N3O4. The monoisotopic (exact) mass is 571 g/mol. The average Bonchev–Trinajstić information content (AvgIpc) is 3.64. The Morgan fingerprint density at radius 1 is 1.00 bits per heavy atom. The minimum absolute atomic E-state index is 0.112. The first-order valence-corrected chi connectivity index (χ1v) is 13.7. The molecule has 7 nitrogen and oxygen atoms in total. The van der Waals surface area contributed by atoms with Crippen molar-refractivity contribution in [3.63, 3.8) is 0 Å². The van der Waals surface area contributed by atoms with E-state index in [2.05, 4.69) is 5.32 Å². The van der Waals surface area contributed by atoms with Crippen LogP contribution in [0.3, 0.4) is 0 Å². The van der Waals surface area contributed by atoms with Gasteiger partial charge in [0.25, 0.3) is 5.69 Å². The van der Waals surface area contributed by atoms with Crippen molar-refractivity contribution in [2.24, 2.45) is 5.92 Å². The van der Waals surface area contributed by atoms with Gasteiger partial charge in [0.2, 0.25) is 5.91 Å². The van der Waals surface area contributed by atoms with Gasteiger partial charge in [0.15, 0.2) is 5.78 Å². The lowest BCUT2D eigenvalue weighted by atomic mass is 9.68. The summed E-state index contributed by atoms with van der Waals surface area (Å²) in [6.07, 6.45) is -3.49. The van der Waals surface area contributed by atoms with E-state index in [0.29, 0.717) is 35.9 Å². The number of para-hydroxylation sites is 1. The highest BCUT2D eigenvalue weighted by Crippen LogP contribution is 2.62. The van der Waals surface area contributed by atoms with E-state index in [4.69, 9.17) is 0 Å². The standard InChI is InChI=1S/C32H24F3N3O4/c33-32(34,35)24-14-5-13-23-28(24)36-30(40)31(23)27(29(39)22-12-4-8-18-7-1-2-11-21(18)22)26(25-15-6-16-37(25)31)19-9-3-10-20(17-19)38(41)42/h1-5,7-14,17,25-27H,6,15-16H2,(H,36,40)/t25?,26?,27?,31-/m1/s1. The third-order valence-corrected chi connectivity index (χ3v) is 9.14.